The fourth-order valence-corrected chi connectivity index (χ4v) is 1.94. The molecule has 0 aromatic rings. The maximum atomic E-state index is 12.2. The second-order valence-corrected chi connectivity index (χ2v) is 8.17. The van der Waals surface area contributed by atoms with Crippen LogP contribution in [0.4, 0.5) is 4.79 Å². The second kappa shape index (κ2) is 7.12. The van der Waals surface area contributed by atoms with Gasteiger partial charge in [0.15, 0.2) is 5.11 Å². The number of amidine groups is 1. The molecule has 0 atom stereocenters. The maximum absolute atomic E-state index is 12.2. The van der Waals surface area contributed by atoms with Crippen molar-refractivity contribution >= 4 is 41.3 Å². The lowest BCUT2D eigenvalue weighted by Gasteiger charge is -2.29. The van der Waals surface area contributed by atoms with E-state index in [1.165, 1.54) is 19.1 Å². The van der Waals surface area contributed by atoms with Crippen molar-refractivity contribution in [3.8, 4) is 0 Å². The largest absolute Gasteiger partial charge is 0.468 e. The van der Waals surface area contributed by atoms with Gasteiger partial charge in [0.2, 0.25) is 0 Å². The highest BCUT2D eigenvalue weighted by Crippen LogP contribution is 2.19. The molecule has 0 saturated heterocycles. The average molecular weight is 320 g/mol. The molecule has 8 heteroatoms. The number of urea groups is 1. The van der Waals surface area contributed by atoms with E-state index in [0.29, 0.717) is 0 Å². The first-order valence-corrected chi connectivity index (χ1v) is 7.32. The first-order valence-electron chi connectivity index (χ1n) is 6.10. The molecule has 0 aliphatic carbocycles. The van der Waals surface area contributed by atoms with Crippen LogP contribution in [0.25, 0.3) is 0 Å². The van der Waals surface area contributed by atoms with Crippen LogP contribution < -0.4 is 10.0 Å². The number of nitrogens with one attached hydrogen (secondary N) is 3. The number of carbonyl (C=O) groups excluding carboxylic acids is 1. The molecule has 0 aliphatic rings. The van der Waals surface area contributed by atoms with Crippen LogP contribution in [-0.2, 0) is 4.74 Å². The Balaban J connectivity index is 4.94. The van der Waals surface area contributed by atoms with Gasteiger partial charge in [-0.3, -0.25) is 10.1 Å². The molecule has 3 N–H and O–H groups in total. The maximum Gasteiger partial charge on any atom is 0.341 e. The molecular formula is C12H24N4O2S2. The van der Waals surface area contributed by atoms with Gasteiger partial charge in [0, 0.05) is 10.3 Å². The Morgan fingerprint density at radius 1 is 1.25 bits per heavy atom. The smallest absolute Gasteiger partial charge is 0.341 e. The molecule has 0 aromatic heterocycles. The van der Waals surface area contributed by atoms with Crippen molar-refractivity contribution in [2.45, 2.75) is 51.8 Å². The molecule has 2 amide bonds. The number of thiocarbonyl (C=S) groups is 1. The zero-order chi connectivity index (χ0) is 16.1. The summed E-state index contributed by atoms with van der Waals surface area (Å²) in [6.45, 7) is 11.6. The molecule has 0 saturated carbocycles. The highest BCUT2D eigenvalue weighted by Gasteiger charge is 2.27. The zero-order valence-corrected chi connectivity index (χ0v) is 14.7. The number of nitrogens with zero attached hydrogens (tertiary/aromatic N) is 1. The third-order valence-electron chi connectivity index (χ3n) is 1.73. The number of carbonyl (C=O) groups is 1. The van der Waals surface area contributed by atoms with Crippen molar-refractivity contribution in [2.24, 2.45) is 0 Å². The highest BCUT2D eigenvalue weighted by molar-refractivity contribution is 7.99. The van der Waals surface area contributed by atoms with Crippen LogP contribution in [-0.4, -0.2) is 39.5 Å². The zero-order valence-electron chi connectivity index (χ0n) is 13.1. The van der Waals surface area contributed by atoms with E-state index in [4.69, 9.17) is 22.4 Å². The van der Waals surface area contributed by atoms with Crippen LogP contribution in [0.1, 0.15) is 41.5 Å². The van der Waals surface area contributed by atoms with Gasteiger partial charge < -0.3 is 10.1 Å². The molecule has 0 aliphatic heterocycles. The Labute approximate surface area is 130 Å². The number of hydrogen-bond acceptors (Lipinski definition) is 5. The molecule has 20 heavy (non-hydrogen) atoms. The van der Waals surface area contributed by atoms with E-state index < -0.39 is 6.03 Å². The van der Waals surface area contributed by atoms with Crippen LogP contribution >= 0.6 is 24.2 Å². The van der Waals surface area contributed by atoms with Crippen LogP contribution in [0.5, 0.6) is 0 Å². The van der Waals surface area contributed by atoms with Gasteiger partial charge in [-0.15, -0.1) is 0 Å². The van der Waals surface area contributed by atoms with E-state index in [0.717, 1.165) is 4.90 Å². The Hall–Kier alpha value is -1.02. The lowest BCUT2D eigenvalue weighted by Crippen LogP contribution is -2.54. The minimum absolute atomic E-state index is 0.122. The minimum Gasteiger partial charge on any atom is -0.468 e. The van der Waals surface area contributed by atoms with Crippen molar-refractivity contribution in [2.75, 3.05) is 7.11 Å². The Morgan fingerprint density at radius 3 is 2.10 bits per heavy atom. The summed E-state index contributed by atoms with van der Waals surface area (Å²) in [4.78, 5) is 13.1. The SMILES string of the molecule is COC(=N)N(C(=O)NSC(C)(C)C)C(=S)NC(C)(C)C. The normalized spacial score (nSPS) is 11.6. The summed E-state index contributed by atoms with van der Waals surface area (Å²) in [5, 5.41) is 10.8. The summed E-state index contributed by atoms with van der Waals surface area (Å²) in [7, 11) is 1.32. The van der Waals surface area contributed by atoms with E-state index in [1.807, 2.05) is 41.5 Å². The van der Waals surface area contributed by atoms with Gasteiger partial charge in [0.25, 0.3) is 6.02 Å². The third-order valence-corrected chi connectivity index (χ3v) is 2.90. The monoisotopic (exact) mass is 320 g/mol. The molecule has 0 fully saturated rings. The molecule has 0 aromatic carbocycles. The number of ether oxygens (including phenoxy) is 1. The molecule has 0 radical (unpaired) electrons. The fraction of sp³-hybridized carbons (Fsp3) is 0.750. The van der Waals surface area contributed by atoms with Crippen molar-refractivity contribution in [3.63, 3.8) is 0 Å². The van der Waals surface area contributed by atoms with E-state index in [1.54, 1.807) is 0 Å². The molecule has 6 nitrogen and oxygen atoms in total. The predicted octanol–water partition coefficient (Wildman–Crippen LogP) is 2.70. The summed E-state index contributed by atoms with van der Waals surface area (Å²) >= 11 is 6.43. The van der Waals surface area contributed by atoms with E-state index in [2.05, 4.69) is 10.0 Å². The first-order chi connectivity index (χ1) is 8.87. The molecule has 0 heterocycles. The van der Waals surface area contributed by atoms with Crippen LogP contribution in [0.2, 0.25) is 0 Å². The predicted molar refractivity (Wildman–Crippen MR) is 87.9 cm³/mol. The second-order valence-electron chi connectivity index (χ2n) is 6.15. The third kappa shape index (κ3) is 7.54. The number of rotatable bonds is 1. The highest BCUT2D eigenvalue weighted by atomic mass is 32.2. The molecular weight excluding hydrogens is 296 g/mol. The molecule has 0 rings (SSSR count). The van der Waals surface area contributed by atoms with Gasteiger partial charge in [0.1, 0.15) is 0 Å². The van der Waals surface area contributed by atoms with E-state index >= 15 is 0 Å². The topological polar surface area (TPSA) is 77.5 Å². The number of amides is 2. The van der Waals surface area contributed by atoms with E-state index in [9.17, 15) is 4.79 Å². The van der Waals surface area contributed by atoms with Crippen LogP contribution in [0, 0.1) is 5.41 Å². The summed E-state index contributed by atoms with van der Waals surface area (Å²) in [5.74, 6) is 0. The number of methoxy groups -OCH3 is 1. The summed E-state index contributed by atoms with van der Waals surface area (Å²) in [5.41, 5.74) is -0.319. The Morgan fingerprint density at radius 2 is 1.75 bits per heavy atom. The average Bonchev–Trinajstić information content (AvgIpc) is 2.22. The quantitative estimate of drug-likeness (QED) is 0.300. The molecule has 116 valence electrons. The molecule has 0 spiro atoms. The standard InChI is InChI=1S/C12H24N4O2S2/c1-11(2,3)14-10(19)16(8(13)18-7)9(17)15-20-12(4,5)6/h13H,1-7H3,(H,14,19)(H,15,17). The van der Waals surface area contributed by atoms with Crippen molar-refractivity contribution in [1.29, 1.82) is 5.41 Å². The van der Waals surface area contributed by atoms with Gasteiger partial charge in [-0.1, -0.05) is 0 Å². The summed E-state index contributed by atoms with van der Waals surface area (Å²) < 4.78 is 7.33. The van der Waals surface area contributed by atoms with Crippen molar-refractivity contribution < 1.29 is 9.53 Å². The first kappa shape index (κ1) is 19.0. The molecule has 0 unspecified atom stereocenters. The van der Waals surface area contributed by atoms with Crippen LogP contribution in [0.15, 0.2) is 0 Å². The number of hydrogen-bond donors (Lipinski definition) is 3. The van der Waals surface area contributed by atoms with Crippen molar-refractivity contribution in [1.82, 2.24) is 14.9 Å². The van der Waals surface area contributed by atoms with Gasteiger partial charge in [-0.25, -0.2) is 4.79 Å². The summed E-state index contributed by atoms with van der Waals surface area (Å²) in [6.07, 6.45) is 0. The lowest BCUT2D eigenvalue weighted by molar-refractivity contribution is 0.230. The molecule has 0 bridgehead atoms. The van der Waals surface area contributed by atoms with Gasteiger partial charge >= 0.3 is 6.03 Å². The minimum atomic E-state index is -0.515. The Kier molecular flexibility index (Phi) is 6.76. The van der Waals surface area contributed by atoms with Gasteiger partial charge in [-0.05, 0) is 65.7 Å². The van der Waals surface area contributed by atoms with Gasteiger partial charge in [-0.2, -0.15) is 4.90 Å². The van der Waals surface area contributed by atoms with Crippen LogP contribution in [0.3, 0.4) is 0 Å². The Bertz CT molecular complexity index is 386. The van der Waals surface area contributed by atoms with E-state index in [-0.39, 0.29) is 21.4 Å². The fourth-order valence-electron chi connectivity index (χ4n) is 0.987. The van der Waals surface area contributed by atoms with Crippen molar-refractivity contribution in [3.05, 3.63) is 0 Å². The lowest BCUT2D eigenvalue weighted by atomic mass is 10.1. The van der Waals surface area contributed by atoms with Gasteiger partial charge in [0.05, 0.1) is 7.11 Å². The summed E-state index contributed by atoms with van der Waals surface area (Å²) in [6, 6.07) is -0.850.